The average Bonchev–Trinajstić information content (AvgIpc) is 3.23. The highest BCUT2D eigenvalue weighted by molar-refractivity contribution is 6.04. The van der Waals surface area contributed by atoms with Crippen LogP contribution in [0.15, 0.2) is 52.8 Å². The molecule has 142 valence electrons. The highest BCUT2D eigenvalue weighted by Gasteiger charge is 2.25. The van der Waals surface area contributed by atoms with Gasteiger partial charge in [0, 0.05) is 0 Å². The summed E-state index contributed by atoms with van der Waals surface area (Å²) in [5.41, 5.74) is 1.01. The maximum atomic E-state index is 13.0. The number of rotatable bonds is 5. The third kappa shape index (κ3) is 4.77. The molecule has 3 rings (SSSR count). The summed E-state index contributed by atoms with van der Waals surface area (Å²) in [6, 6.07) is 10.5. The van der Waals surface area contributed by atoms with Gasteiger partial charge in [0.2, 0.25) is 0 Å². The number of piperazine rings is 1. The van der Waals surface area contributed by atoms with E-state index in [1.165, 1.54) is 11.2 Å². The number of amides is 2. The highest BCUT2D eigenvalue weighted by atomic mass is 16.5. The smallest absolute Gasteiger partial charge is 0.291 e. The van der Waals surface area contributed by atoms with E-state index < -0.39 is 5.91 Å². The summed E-state index contributed by atoms with van der Waals surface area (Å²) in [4.78, 5) is 28.6. The van der Waals surface area contributed by atoms with Crippen LogP contribution in [0.25, 0.3) is 6.08 Å². The van der Waals surface area contributed by atoms with Gasteiger partial charge in [-0.15, -0.1) is 0 Å². The predicted molar refractivity (Wildman–Crippen MR) is 100 cm³/mol. The molecule has 2 aromatic rings. The minimum Gasteiger partial charge on any atom is -0.497 e. The van der Waals surface area contributed by atoms with Crippen LogP contribution in [-0.2, 0) is 4.79 Å². The van der Waals surface area contributed by atoms with Gasteiger partial charge in [-0.3, -0.25) is 9.59 Å². The van der Waals surface area contributed by atoms with Crippen LogP contribution < -0.4 is 15.0 Å². The van der Waals surface area contributed by atoms with E-state index in [1.54, 1.807) is 30.2 Å². The number of hydrogen-bond donors (Lipinski definition) is 2. The summed E-state index contributed by atoms with van der Waals surface area (Å²) >= 11 is 0. The summed E-state index contributed by atoms with van der Waals surface area (Å²) < 4.78 is 10.3. The number of likely N-dealkylation sites (N-methyl/N-ethyl adjacent to an activating group) is 1. The van der Waals surface area contributed by atoms with Crippen LogP contribution >= 0.6 is 0 Å². The molecule has 2 amide bonds. The topological polar surface area (TPSA) is 76.2 Å². The second kappa shape index (κ2) is 8.55. The summed E-state index contributed by atoms with van der Waals surface area (Å²) in [7, 11) is 3.70. The van der Waals surface area contributed by atoms with Crippen molar-refractivity contribution in [2.45, 2.75) is 0 Å². The Bertz CT molecular complexity index is 804. The normalized spacial score (nSPS) is 15.5. The summed E-state index contributed by atoms with van der Waals surface area (Å²) in [6.45, 7) is 3.07. The van der Waals surface area contributed by atoms with Crippen LogP contribution in [0.3, 0.4) is 0 Å². The van der Waals surface area contributed by atoms with Gasteiger partial charge in [-0.25, -0.2) is 0 Å². The fourth-order valence-electron chi connectivity index (χ4n) is 2.87. The number of carbonyl (C=O) groups is 2. The standard InChI is InChI=1S/C20H23N3O4/c1-22-9-11-23(12-10-22)20(25)17(21-19(24)18-4-3-13-27-18)14-15-5-7-16(26-2)8-6-15/h3-8,13-14H,9-12H2,1-2H3,(H,21,24)/p+1/b17-14+. The van der Waals surface area contributed by atoms with Crippen LogP contribution in [0.4, 0.5) is 0 Å². The van der Waals surface area contributed by atoms with Crippen molar-refractivity contribution in [1.82, 2.24) is 10.2 Å². The maximum absolute atomic E-state index is 13.0. The van der Waals surface area contributed by atoms with Crippen molar-refractivity contribution in [3.05, 3.63) is 59.7 Å². The molecule has 2 N–H and O–H groups in total. The first-order chi connectivity index (χ1) is 13.1. The van der Waals surface area contributed by atoms with Gasteiger partial charge >= 0.3 is 0 Å². The van der Waals surface area contributed by atoms with Gasteiger partial charge in [-0.2, -0.15) is 0 Å². The number of hydrogen-bond acceptors (Lipinski definition) is 4. The molecule has 7 nitrogen and oxygen atoms in total. The Morgan fingerprint density at radius 1 is 1.19 bits per heavy atom. The molecule has 1 aromatic carbocycles. The molecule has 0 atom stereocenters. The summed E-state index contributed by atoms with van der Waals surface area (Å²) in [6.07, 6.45) is 3.10. The lowest BCUT2D eigenvalue weighted by Crippen LogP contribution is -3.12. The van der Waals surface area contributed by atoms with Crippen molar-refractivity contribution in [3.8, 4) is 5.75 Å². The van der Waals surface area contributed by atoms with Crippen molar-refractivity contribution in [2.75, 3.05) is 40.3 Å². The molecule has 0 bridgehead atoms. The quantitative estimate of drug-likeness (QED) is 0.748. The second-order valence-corrected chi connectivity index (χ2v) is 6.51. The van der Waals surface area contributed by atoms with Crippen LogP contribution in [0.5, 0.6) is 5.75 Å². The van der Waals surface area contributed by atoms with Gasteiger partial charge in [0.15, 0.2) is 5.76 Å². The molecule has 1 aliphatic heterocycles. The van der Waals surface area contributed by atoms with Gasteiger partial charge in [0.05, 0.1) is 46.6 Å². The Balaban J connectivity index is 1.84. The molecule has 2 heterocycles. The second-order valence-electron chi connectivity index (χ2n) is 6.51. The minimum absolute atomic E-state index is 0.159. The van der Waals surface area contributed by atoms with E-state index in [9.17, 15) is 9.59 Å². The van der Waals surface area contributed by atoms with E-state index >= 15 is 0 Å². The van der Waals surface area contributed by atoms with Crippen molar-refractivity contribution in [1.29, 1.82) is 0 Å². The highest BCUT2D eigenvalue weighted by Crippen LogP contribution is 2.15. The number of quaternary nitrogens is 1. The molecule has 7 heteroatoms. The van der Waals surface area contributed by atoms with Crippen LogP contribution in [0.1, 0.15) is 16.1 Å². The van der Waals surface area contributed by atoms with Gasteiger partial charge in [-0.05, 0) is 35.9 Å². The van der Waals surface area contributed by atoms with E-state index in [0.717, 1.165) is 24.4 Å². The van der Waals surface area contributed by atoms with Crippen molar-refractivity contribution in [3.63, 3.8) is 0 Å². The number of carbonyl (C=O) groups excluding carboxylic acids is 2. The van der Waals surface area contributed by atoms with Crippen molar-refractivity contribution < 1.29 is 23.6 Å². The minimum atomic E-state index is -0.451. The van der Waals surface area contributed by atoms with E-state index in [-0.39, 0.29) is 17.4 Å². The van der Waals surface area contributed by atoms with Gasteiger partial charge in [0.1, 0.15) is 11.4 Å². The SMILES string of the molecule is COc1ccc(/C=C(/NC(=O)c2ccco2)C(=O)N2CC[NH+](C)CC2)cc1. The first-order valence-corrected chi connectivity index (χ1v) is 8.88. The van der Waals surface area contributed by atoms with Gasteiger partial charge in [0.25, 0.3) is 11.8 Å². The zero-order valence-electron chi connectivity index (χ0n) is 15.5. The molecule has 0 aliphatic carbocycles. The lowest BCUT2D eigenvalue weighted by Gasteiger charge is -2.30. The average molecular weight is 370 g/mol. The first-order valence-electron chi connectivity index (χ1n) is 8.88. The molecule has 1 saturated heterocycles. The largest absolute Gasteiger partial charge is 0.497 e. The molecule has 1 fully saturated rings. The maximum Gasteiger partial charge on any atom is 0.291 e. The number of furan rings is 1. The van der Waals surface area contributed by atoms with Crippen LogP contribution in [-0.4, -0.2) is 57.1 Å². The molecular formula is C20H24N3O4+. The zero-order chi connectivity index (χ0) is 19.2. The van der Waals surface area contributed by atoms with Crippen molar-refractivity contribution >= 4 is 17.9 Å². The number of methoxy groups -OCH3 is 1. The summed E-state index contributed by atoms with van der Waals surface area (Å²) in [5, 5.41) is 2.70. The van der Waals surface area contributed by atoms with Crippen molar-refractivity contribution in [2.24, 2.45) is 0 Å². The number of nitrogens with one attached hydrogen (secondary N) is 2. The Morgan fingerprint density at radius 3 is 2.48 bits per heavy atom. The number of nitrogens with zero attached hydrogens (tertiary/aromatic N) is 1. The summed E-state index contributed by atoms with van der Waals surface area (Å²) in [5.74, 6) is 0.235. The molecule has 0 radical (unpaired) electrons. The van der Waals surface area contributed by atoms with E-state index in [1.807, 2.05) is 24.3 Å². The third-order valence-electron chi connectivity index (χ3n) is 4.55. The Labute approximate surface area is 158 Å². The molecule has 1 aliphatic rings. The Kier molecular flexibility index (Phi) is 5.93. The fraction of sp³-hybridized carbons (Fsp3) is 0.300. The molecule has 0 spiro atoms. The molecule has 0 saturated carbocycles. The lowest BCUT2D eigenvalue weighted by atomic mass is 10.1. The van der Waals surface area contributed by atoms with Gasteiger partial charge in [-0.1, -0.05) is 12.1 Å². The monoisotopic (exact) mass is 370 g/mol. The van der Waals surface area contributed by atoms with Crippen LogP contribution in [0, 0.1) is 0 Å². The molecular weight excluding hydrogens is 346 g/mol. The van der Waals surface area contributed by atoms with E-state index in [4.69, 9.17) is 9.15 Å². The molecule has 1 aromatic heterocycles. The number of benzene rings is 1. The molecule has 0 unspecified atom stereocenters. The predicted octanol–water partition coefficient (Wildman–Crippen LogP) is 0.416. The molecule has 27 heavy (non-hydrogen) atoms. The van der Waals surface area contributed by atoms with E-state index in [0.29, 0.717) is 13.1 Å². The zero-order valence-corrected chi connectivity index (χ0v) is 15.5. The number of ether oxygens (including phenoxy) is 1. The van der Waals surface area contributed by atoms with Gasteiger partial charge < -0.3 is 24.3 Å². The van der Waals surface area contributed by atoms with E-state index in [2.05, 4.69) is 12.4 Å². The Hall–Kier alpha value is -3.06. The first kappa shape index (κ1) is 18.7. The fourth-order valence-corrected chi connectivity index (χ4v) is 2.87. The third-order valence-corrected chi connectivity index (χ3v) is 4.55. The lowest BCUT2D eigenvalue weighted by molar-refractivity contribution is -0.883. The Morgan fingerprint density at radius 2 is 1.89 bits per heavy atom. The van der Waals surface area contributed by atoms with Crippen LogP contribution in [0.2, 0.25) is 0 Å².